The van der Waals surface area contributed by atoms with Gasteiger partial charge < -0.3 is 35.1 Å². The van der Waals surface area contributed by atoms with Gasteiger partial charge in [-0.1, -0.05) is 48.5 Å². The summed E-state index contributed by atoms with van der Waals surface area (Å²) in [7, 11) is 0. The second kappa shape index (κ2) is 34.8. The number of anilines is 2. The van der Waals surface area contributed by atoms with Crippen molar-refractivity contribution in [1.29, 1.82) is 0 Å². The first-order chi connectivity index (χ1) is 38.6. The summed E-state index contributed by atoms with van der Waals surface area (Å²) in [6.45, 7) is -5.74. The quantitative estimate of drug-likeness (QED) is 0.0303. The minimum atomic E-state index is -3.33. The molecule has 0 fully saturated rings. The highest BCUT2D eigenvalue weighted by molar-refractivity contribution is 6.19. The molecular formula is C55H71Cl5F2N4O8. The van der Waals surface area contributed by atoms with Crippen LogP contribution >= 0.6 is 58.8 Å². The van der Waals surface area contributed by atoms with Gasteiger partial charge in [-0.15, -0.1) is 58.8 Å². The number of nitrogens with one attached hydrogen (secondary N) is 1. The van der Waals surface area contributed by atoms with Gasteiger partial charge in [0.15, 0.2) is 11.6 Å². The third-order valence-electron chi connectivity index (χ3n) is 11.1. The standard InChI is InChI=1S/C30H39Cl2FN2O5.C25H31Cl2FN2O3.ClH/c1-5-39-28(37)23(18-21-6-10-24(33)11-7-21)20-27(36)26(34-29(38)40-30(2,3)4)19-22-8-12-25(13-9-22)35(16-14-31)17-15-32;1-2-33-25(32)20(15-18-3-7-21(28)8-4-18)17-24(31)23(29)16-19-5-9-22(10-6-19)30(13-11-26)14-12-27;/h6-13,23,26H,5,14-20H2,1-4H3,(H,34,38);3-10,20,23H,2,11-17,29H2,1H3;1H/t23-,26+;20-,23+;/m11./s1/i1D3,5D2;1D3,2D2;. The number of hydrogen-bond acceptors (Lipinski definition) is 11. The van der Waals surface area contributed by atoms with Crippen LogP contribution in [-0.4, -0.2) is 110 Å². The van der Waals surface area contributed by atoms with Gasteiger partial charge in [0.1, 0.15) is 17.2 Å². The molecule has 4 aromatic rings. The maximum Gasteiger partial charge on any atom is 0.408 e. The summed E-state index contributed by atoms with van der Waals surface area (Å²) < 4.78 is 116. The zero-order valence-electron chi connectivity index (χ0n) is 51.4. The molecule has 1 amide bonds. The summed E-state index contributed by atoms with van der Waals surface area (Å²) in [5.74, 6) is -5.52. The number of alkyl halides is 4. The molecule has 0 radical (unpaired) electrons. The molecular weight excluding hydrogens is 1060 g/mol. The Hall–Kier alpha value is -4.70. The first kappa shape index (κ1) is 50.1. The Morgan fingerprint density at radius 3 is 1.31 bits per heavy atom. The summed E-state index contributed by atoms with van der Waals surface area (Å²) in [5.41, 5.74) is 9.40. The normalized spacial score (nSPS) is 15.3. The van der Waals surface area contributed by atoms with Crippen LogP contribution < -0.4 is 20.9 Å². The highest BCUT2D eigenvalue weighted by Crippen LogP contribution is 2.23. The Morgan fingerprint density at radius 1 is 0.595 bits per heavy atom. The van der Waals surface area contributed by atoms with E-state index in [0.717, 1.165) is 29.1 Å². The van der Waals surface area contributed by atoms with Crippen molar-refractivity contribution in [1.82, 2.24) is 5.32 Å². The van der Waals surface area contributed by atoms with Gasteiger partial charge in [-0.2, -0.15) is 0 Å². The molecule has 0 bridgehead atoms. The predicted octanol–water partition coefficient (Wildman–Crippen LogP) is 10.7. The van der Waals surface area contributed by atoms with E-state index < -0.39 is 110 Å². The second-order valence-corrected chi connectivity index (χ2v) is 19.2. The number of Topliss-reactive ketones (excluding diaryl/α,β-unsaturated/α-hetero) is 2. The van der Waals surface area contributed by atoms with Crippen LogP contribution in [0, 0.1) is 23.5 Å². The molecule has 0 saturated carbocycles. The largest absolute Gasteiger partial charge is 0.466 e. The smallest absolute Gasteiger partial charge is 0.408 e. The van der Waals surface area contributed by atoms with Crippen molar-refractivity contribution in [2.45, 2.75) is 90.7 Å². The SMILES string of the molecule is Cl.[2H]C([2H])([2H])C([2H])([2H])OC(=O)[C@@H](CC(=O)[C@@H](N)Cc1ccc(N(CCCl)CCCl)cc1)Cc1ccc(F)cc1.[2H]C([2H])([2H])C([2H])([2H])OC(=O)[C@@H](CC(=O)[C@H](Cc1ccc(N(CCCl)CCCl)cc1)NC(=O)OC(C)(C)C)Cc1ccc(F)cc1. The van der Waals surface area contributed by atoms with E-state index in [-0.39, 0.29) is 38.1 Å². The minimum Gasteiger partial charge on any atom is -0.466 e. The summed E-state index contributed by atoms with van der Waals surface area (Å²) in [6, 6.07) is 22.7. The number of benzene rings is 4. The van der Waals surface area contributed by atoms with Crippen molar-refractivity contribution in [2.24, 2.45) is 17.6 Å². The van der Waals surface area contributed by atoms with E-state index in [4.69, 9.17) is 75.3 Å². The van der Waals surface area contributed by atoms with Crippen LogP contribution in [0.2, 0.25) is 0 Å². The van der Waals surface area contributed by atoms with Crippen LogP contribution in [0.4, 0.5) is 25.0 Å². The van der Waals surface area contributed by atoms with Crippen LogP contribution in [0.3, 0.4) is 0 Å². The first-order valence-electron chi connectivity index (χ1n) is 28.3. The summed E-state index contributed by atoms with van der Waals surface area (Å²) >= 11 is 23.6. The molecule has 4 rings (SSSR count). The average Bonchev–Trinajstić information content (AvgIpc) is 3.60. The van der Waals surface area contributed by atoms with Gasteiger partial charge in [0.05, 0.1) is 42.5 Å². The maximum absolute atomic E-state index is 13.7. The number of carbonyl (C=O) groups is 5. The predicted molar refractivity (Wildman–Crippen MR) is 296 cm³/mol. The lowest BCUT2D eigenvalue weighted by Crippen LogP contribution is -2.45. The van der Waals surface area contributed by atoms with E-state index in [0.29, 0.717) is 66.4 Å². The summed E-state index contributed by atoms with van der Waals surface area (Å²) in [4.78, 5) is 69.4. The van der Waals surface area contributed by atoms with Crippen LogP contribution in [-0.2, 0) is 59.1 Å². The van der Waals surface area contributed by atoms with Crippen LogP contribution in [0.25, 0.3) is 0 Å². The molecule has 12 nitrogen and oxygen atoms in total. The molecule has 0 aliphatic rings. The van der Waals surface area contributed by atoms with Gasteiger partial charge in [-0.25, -0.2) is 13.6 Å². The fraction of sp³-hybridized carbons (Fsp3) is 0.473. The topological polar surface area (TPSA) is 158 Å². The minimum absolute atomic E-state index is 0. The highest BCUT2D eigenvalue weighted by atomic mass is 35.5. The van der Waals surface area contributed by atoms with E-state index >= 15 is 0 Å². The molecule has 0 aliphatic carbocycles. The third-order valence-corrected chi connectivity index (χ3v) is 11.7. The Labute approximate surface area is 475 Å². The lowest BCUT2D eigenvalue weighted by Gasteiger charge is -2.25. The number of rotatable bonds is 29. The van der Waals surface area contributed by atoms with E-state index in [1.165, 1.54) is 36.4 Å². The van der Waals surface area contributed by atoms with Crippen LogP contribution in [0.1, 0.15) is 83.3 Å². The summed E-state index contributed by atoms with van der Waals surface area (Å²) in [6.07, 6.45) is -1.93. The fourth-order valence-corrected chi connectivity index (χ4v) is 8.28. The molecule has 19 heteroatoms. The zero-order chi connectivity index (χ0) is 62.5. The molecule has 0 unspecified atom stereocenters. The number of ether oxygens (including phenoxy) is 3. The van der Waals surface area contributed by atoms with Gasteiger partial charge in [0.25, 0.3) is 0 Å². The number of nitrogens with zero attached hydrogens (tertiary/aromatic N) is 2. The molecule has 0 heterocycles. The molecule has 0 saturated heterocycles. The van der Waals surface area contributed by atoms with Gasteiger partial charge in [0, 0.05) is 82.1 Å². The number of alkyl carbamates (subject to hydrolysis) is 1. The van der Waals surface area contributed by atoms with Crippen molar-refractivity contribution in [3.63, 3.8) is 0 Å². The van der Waals surface area contributed by atoms with Crippen molar-refractivity contribution < 1.29 is 60.7 Å². The van der Waals surface area contributed by atoms with Gasteiger partial charge in [-0.05, 0) is 131 Å². The molecule has 4 aromatic carbocycles. The van der Waals surface area contributed by atoms with Crippen molar-refractivity contribution >= 4 is 99.8 Å². The van der Waals surface area contributed by atoms with E-state index in [9.17, 15) is 32.8 Å². The fourth-order valence-electron chi connectivity index (χ4n) is 7.47. The Balaban J connectivity index is 0.000000574. The van der Waals surface area contributed by atoms with Gasteiger partial charge >= 0.3 is 18.0 Å². The lowest BCUT2D eigenvalue weighted by atomic mass is 9.90. The third kappa shape index (κ3) is 24.3. The number of amides is 1. The van der Waals surface area contributed by atoms with Gasteiger partial charge in [0.2, 0.25) is 0 Å². The maximum atomic E-state index is 13.7. The average molecular weight is 1140 g/mol. The molecule has 0 aromatic heterocycles. The van der Waals surface area contributed by atoms with Crippen molar-refractivity contribution in [3.8, 4) is 0 Å². The van der Waals surface area contributed by atoms with Crippen molar-refractivity contribution in [3.05, 3.63) is 131 Å². The second-order valence-electron chi connectivity index (χ2n) is 17.7. The van der Waals surface area contributed by atoms with E-state index in [2.05, 4.69) is 10.1 Å². The zero-order valence-corrected chi connectivity index (χ0v) is 45.2. The van der Waals surface area contributed by atoms with E-state index in [1.807, 2.05) is 46.2 Å². The molecule has 74 heavy (non-hydrogen) atoms. The molecule has 0 aliphatic heterocycles. The number of ketones is 2. The lowest BCUT2D eigenvalue weighted by molar-refractivity contribution is -0.150. The molecule has 0 spiro atoms. The highest BCUT2D eigenvalue weighted by Gasteiger charge is 2.31. The Bertz CT molecular complexity index is 2690. The van der Waals surface area contributed by atoms with Crippen molar-refractivity contribution in [2.75, 3.05) is 72.6 Å². The van der Waals surface area contributed by atoms with E-state index in [1.54, 1.807) is 32.9 Å². The summed E-state index contributed by atoms with van der Waals surface area (Å²) in [5, 5.41) is 2.57. The first-order valence-corrected chi connectivity index (χ1v) is 25.4. The number of halogens is 7. The number of esters is 2. The number of carbonyl (C=O) groups excluding carboxylic acids is 5. The Kier molecular flexibility index (Phi) is 23.6. The van der Waals surface area contributed by atoms with Crippen LogP contribution in [0.15, 0.2) is 97.1 Å². The number of nitrogens with two attached hydrogens (primary N) is 1. The molecule has 408 valence electrons. The number of hydrogen-bond donors (Lipinski definition) is 2. The molecule has 3 N–H and O–H groups in total. The Morgan fingerprint density at radius 2 is 0.946 bits per heavy atom. The van der Waals surface area contributed by atoms with Crippen LogP contribution in [0.5, 0.6) is 0 Å². The monoisotopic (exact) mass is 1140 g/mol. The van der Waals surface area contributed by atoms with Gasteiger partial charge in [-0.3, -0.25) is 19.2 Å². The molecule has 4 atom stereocenters.